The van der Waals surface area contributed by atoms with Crippen molar-refractivity contribution < 1.29 is 4.74 Å². The monoisotopic (exact) mass is 450 g/mol. The summed E-state index contributed by atoms with van der Waals surface area (Å²) >= 11 is 17.6. The van der Waals surface area contributed by atoms with Crippen LogP contribution >= 0.6 is 35.4 Å². The van der Waals surface area contributed by atoms with E-state index in [2.05, 4.69) is 33.4 Å². The Morgan fingerprint density at radius 3 is 2.79 bits per heavy atom. The van der Waals surface area contributed by atoms with Gasteiger partial charge >= 0.3 is 0 Å². The Bertz CT molecular complexity index is 860. The standard InChI is InChI=1S/C21H24Cl2N4OS/c1-2-7-24-21(29)26-25-14-17-4-3-16(20(17)27-8-10-28-11-9-27)12-15-5-6-18(22)13-19(15)23/h2,5-6,12-14H,1,3-4,7-11H2,(H2,24,26,29)/b16-12+,25-14+. The summed E-state index contributed by atoms with van der Waals surface area (Å²) in [6.45, 7) is 7.39. The van der Waals surface area contributed by atoms with Crippen LogP contribution in [0.5, 0.6) is 0 Å². The molecule has 1 aliphatic heterocycles. The lowest BCUT2D eigenvalue weighted by Crippen LogP contribution is -2.36. The van der Waals surface area contributed by atoms with Gasteiger partial charge in [0.2, 0.25) is 0 Å². The summed E-state index contributed by atoms with van der Waals surface area (Å²) in [4.78, 5) is 2.36. The first-order valence-corrected chi connectivity index (χ1v) is 10.6. The minimum atomic E-state index is 0.469. The molecular formula is C21H24Cl2N4OS. The molecule has 0 spiro atoms. The van der Waals surface area contributed by atoms with Crippen LogP contribution in [0.4, 0.5) is 0 Å². The van der Waals surface area contributed by atoms with Crippen molar-refractivity contribution in [2.45, 2.75) is 12.8 Å². The fraction of sp³-hybridized carbons (Fsp3) is 0.333. The highest BCUT2D eigenvalue weighted by Crippen LogP contribution is 2.36. The first kappa shape index (κ1) is 21.8. The van der Waals surface area contributed by atoms with Crippen molar-refractivity contribution in [1.29, 1.82) is 0 Å². The number of thiocarbonyl (C=S) groups is 1. The normalized spacial score (nSPS) is 18.6. The van der Waals surface area contributed by atoms with E-state index in [0.29, 0.717) is 21.7 Å². The summed E-state index contributed by atoms with van der Waals surface area (Å²) in [7, 11) is 0. The van der Waals surface area contributed by atoms with Crippen molar-refractivity contribution in [3.8, 4) is 0 Å². The third-order valence-electron chi connectivity index (χ3n) is 4.68. The molecule has 8 heteroatoms. The molecule has 0 aromatic heterocycles. The van der Waals surface area contributed by atoms with E-state index in [-0.39, 0.29) is 0 Å². The zero-order chi connectivity index (χ0) is 20.6. The number of nitrogens with zero attached hydrogens (tertiary/aromatic N) is 2. The quantitative estimate of drug-likeness (QED) is 0.291. The fourth-order valence-electron chi connectivity index (χ4n) is 3.35. The highest BCUT2D eigenvalue weighted by Gasteiger charge is 2.25. The molecule has 1 heterocycles. The number of benzene rings is 1. The van der Waals surface area contributed by atoms with Crippen molar-refractivity contribution in [3.05, 3.63) is 63.3 Å². The van der Waals surface area contributed by atoms with Gasteiger partial charge in [-0.05, 0) is 60.0 Å². The van der Waals surface area contributed by atoms with Crippen molar-refractivity contribution in [1.82, 2.24) is 15.6 Å². The lowest BCUT2D eigenvalue weighted by Gasteiger charge is -2.31. The molecule has 2 N–H and O–H groups in total. The molecule has 1 saturated heterocycles. The van der Waals surface area contributed by atoms with Gasteiger partial charge in [-0.1, -0.05) is 35.3 Å². The molecule has 1 aromatic rings. The predicted octanol–water partition coefficient (Wildman–Crippen LogP) is 4.39. The number of hydrazone groups is 1. The van der Waals surface area contributed by atoms with Gasteiger partial charge in [-0.3, -0.25) is 5.43 Å². The van der Waals surface area contributed by atoms with E-state index in [1.165, 1.54) is 16.8 Å². The van der Waals surface area contributed by atoms with E-state index >= 15 is 0 Å². The molecule has 29 heavy (non-hydrogen) atoms. The lowest BCUT2D eigenvalue weighted by molar-refractivity contribution is 0.0548. The Hall–Kier alpha value is -1.86. The van der Waals surface area contributed by atoms with Gasteiger partial charge in [0.25, 0.3) is 0 Å². The zero-order valence-corrected chi connectivity index (χ0v) is 18.4. The lowest BCUT2D eigenvalue weighted by atomic mass is 10.1. The average Bonchev–Trinajstić information content (AvgIpc) is 3.11. The van der Waals surface area contributed by atoms with Gasteiger partial charge in [0.05, 0.1) is 19.4 Å². The maximum absolute atomic E-state index is 6.39. The average molecular weight is 451 g/mol. The van der Waals surface area contributed by atoms with E-state index in [1.54, 1.807) is 12.1 Å². The molecule has 0 bridgehead atoms. The van der Waals surface area contributed by atoms with Crippen LogP contribution in [0.2, 0.25) is 10.0 Å². The van der Waals surface area contributed by atoms with Gasteiger partial charge in [0.1, 0.15) is 0 Å². The Morgan fingerprint density at radius 1 is 1.28 bits per heavy atom. The molecule has 0 saturated carbocycles. The molecule has 154 valence electrons. The number of halogens is 2. The first-order chi connectivity index (χ1) is 14.1. The third kappa shape index (κ3) is 6.06. The highest BCUT2D eigenvalue weighted by atomic mass is 35.5. The number of nitrogens with one attached hydrogen (secondary N) is 2. The molecule has 1 aromatic carbocycles. The topological polar surface area (TPSA) is 48.9 Å². The molecular weight excluding hydrogens is 427 g/mol. The molecule has 0 unspecified atom stereocenters. The van der Waals surface area contributed by atoms with E-state index in [4.69, 9.17) is 40.2 Å². The summed E-state index contributed by atoms with van der Waals surface area (Å²) in [6, 6.07) is 5.58. The molecule has 5 nitrogen and oxygen atoms in total. The number of rotatable bonds is 6. The van der Waals surface area contributed by atoms with Crippen LogP contribution in [0, 0.1) is 0 Å². The van der Waals surface area contributed by atoms with E-state index in [0.717, 1.165) is 44.7 Å². The van der Waals surface area contributed by atoms with Crippen LogP contribution in [0.25, 0.3) is 6.08 Å². The Balaban J connectivity index is 1.85. The van der Waals surface area contributed by atoms with Crippen LogP contribution in [-0.2, 0) is 4.74 Å². The van der Waals surface area contributed by atoms with Crippen LogP contribution in [0.1, 0.15) is 18.4 Å². The molecule has 2 aliphatic rings. The van der Waals surface area contributed by atoms with Gasteiger partial charge < -0.3 is 15.0 Å². The van der Waals surface area contributed by atoms with Gasteiger partial charge in [-0.15, -0.1) is 6.58 Å². The SMILES string of the molecule is C=CCNC(=S)N/N=C/C1=C(N2CCOCC2)C(=C/c2ccc(Cl)cc2Cl)/CC1. The number of ether oxygens (including phenoxy) is 1. The van der Waals surface area contributed by atoms with E-state index in [1.807, 2.05) is 18.3 Å². The minimum absolute atomic E-state index is 0.469. The summed E-state index contributed by atoms with van der Waals surface area (Å²) in [6.07, 6.45) is 7.58. The summed E-state index contributed by atoms with van der Waals surface area (Å²) in [5.41, 5.74) is 7.43. The molecule has 3 rings (SSSR count). The second-order valence-electron chi connectivity index (χ2n) is 6.68. The van der Waals surface area contributed by atoms with Gasteiger partial charge in [0, 0.05) is 35.4 Å². The van der Waals surface area contributed by atoms with Crippen LogP contribution in [-0.4, -0.2) is 49.1 Å². The van der Waals surface area contributed by atoms with Crippen molar-refractivity contribution in [3.63, 3.8) is 0 Å². The van der Waals surface area contributed by atoms with Gasteiger partial charge in [0.15, 0.2) is 5.11 Å². The zero-order valence-electron chi connectivity index (χ0n) is 16.1. The van der Waals surface area contributed by atoms with Gasteiger partial charge in [-0.2, -0.15) is 5.10 Å². The number of morpholine rings is 1. The third-order valence-corrected chi connectivity index (χ3v) is 5.48. The molecule has 0 amide bonds. The number of hydrogen-bond donors (Lipinski definition) is 2. The number of hydrogen-bond acceptors (Lipinski definition) is 4. The van der Waals surface area contributed by atoms with Gasteiger partial charge in [-0.25, -0.2) is 0 Å². The highest BCUT2D eigenvalue weighted by molar-refractivity contribution is 7.80. The second-order valence-corrected chi connectivity index (χ2v) is 7.93. The van der Waals surface area contributed by atoms with Crippen LogP contribution < -0.4 is 10.7 Å². The summed E-state index contributed by atoms with van der Waals surface area (Å²) < 4.78 is 5.53. The van der Waals surface area contributed by atoms with Crippen molar-refractivity contribution in [2.24, 2.45) is 5.10 Å². The minimum Gasteiger partial charge on any atom is -0.378 e. The predicted molar refractivity (Wildman–Crippen MR) is 126 cm³/mol. The summed E-state index contributed by atoms with van der Waals surface area (Å²) in [5, 5.41) is 9.06. The maximum atomic E-state index is 6.39. The molecule has 1 fully saturated rings. The summed E-state index contributed by atoms with van der Waals surface area (Å²) in [5.74, 6) is 0. The van der Waals surface area contributed by atoms with E-state index in [9.17, 15) is 0 Å². The number of allylic oxidation sites excluding steroid dienone is 2. The Morgan fingerprint density at radius 2 is 2.07 bits per heavy atom. The van der Waals surface area contributed by atoms with Crippen molar-refractivity contribution in [2.75, 3.05) is 32.8 Å². The first-order valence-electron chi connectivity index (χ1n) is 9.48. The van der Waals surface area contributed by atoms with Crippen LogP contribution in [0.15, 0.2) is 52.8 Å². The van der Waals surface area contributed by atoms with Crippen LogP contribution in [0.3, 0.4) is 0 Å². The Labute approximate surface area is 187 Å². The molecule has 1 aliphatic carbocycles. The smallest absolute Gasteiger partial charge is 0.187 e. The van der Waals surface area contributed by atoms with Crippen molar-refractivity contribution >= 4 is 52.8 Å². The molecule has 0 atom stereocenters. The van der Waals surface area contributed by atoms with E-state index < -0.39 is 0 Å². The maximum Gasteiger partial charge on any atom is 0.187 e. The molecule has 0 radical (unpaired) electrons. The Kier molecular flexibility index (Phi) is 8.12. The largest absolute Gasteiger partial charge is 0.378 e. The fourth-order valence-corrected chi connectivity index (χ4v) is 3.95. The second kappa shape index (κ2) is 10.8.